The van der Waals surface area contributed by atoms with Gasteiger partial charge in [-0.15, -0.1) is 0 Å². The van der Waals surface area contributed by atoms with Crippen LogP contribution in [0.5, 0.6) is 0 Å². The number of pyridine rings is 1. The van der Waals surface area contributed by atoms with E-state index in [2.05, 4.69) is 17.2 Å². The van der Waals surface area contributed by atoms with Gasteiger partial charge in [0.05, 0.1) is 0 Å². The van der Waals surface area contributed by atoms with Crippen LogP contribution < -0.4 is 5.32 Å². The lowest BCUT2D eigenvalue weighted by Crippen LogP contribution is -2.42. The molecule has 1 saturated carbocycles. The van der Waals surface area contributed by atoms with E-state index in [1.54, 1.807) is 6.07 Å². The van der Waals surface area contributed by atoms with Crippen molar-refractivity contribution in [2.75, 3.05) is 6.61 Å². The molecule has 5 nitrogen and oxygen atoms in total. The number of hydrogen-bond donors (Lipinski definition) is 1. The Morgan fingerprint density at radius 3 is 2.90 bits per heavy atom. The van der Waals surface area contributed by atoms with E-state index >= 15 is 0 Å². The van der Waals surface area contributed by atoms with Crippen LogP contribution in [0, 0.1) is 5.92 Å². The van der Waals surface area contributed by atoms with Gasteiger partial charge in [-0.25, -0.2) is 9.78 Å². The van der Waals surface area contributed by atoms with Gasteiger partial charge in [-0.1, -0.05) is 31.4 Å². The molecule has 2 atom stereocenters. The molecule has 0 aromatic carbocycles. The molecule has 1 aromatic heterocycles. The van der Waals surface area contributed by atoms with Crippen molar-refractivity contribution < 1.29 is 14.3 Å². The van der Waals surface area contributed by atoms with Crippen LogP contribution in [0.3, 0.4) is 0 Å². The van der Waals surface area contributed by atoms with Crippen LogP contribution in [0.2, 0.25) is 5.02 Å². The predicted molar refractivity (Wildman–Crippen MR) is 79.1 cm³/mol. The zero-order valence-corrected chi connectivity index (χ0v) is 12.7. The Kier molecular flexibility index (Phi) is 5.56. The number of carbonyl (C=O) groups is 2. The number of carbonyl (C=O) groups excluding carboxylic acids is 2. The smallest absolute Gasteiger partial charge is 0.357 e. The van der Waals surface area contributed by atoms with Crippen LogP contribution in [0.4, 0.5) is 0 Å². The molecule has 0 bridgehead atoms. The summed E-state index contributed by atoms with van der Waals surface area (Å²) in [4.78, 5) is 27.4. The molecule has 1 aliphatic carbocycles. The van der Waals surface area contributed by atoms with E-state index in [1.807, 2.05) is 0 Å². The maximum atomic E-state index is 11.8. The molecule has 1 N–H and O–H groups in total. The first-order valence-corrected chi connectivity index (χ1v) is 7.52. The number of hydrogen-bond acceptors (Lipinski definition) is 4. The number of esters is 1. The van der Waals surface area contributed by atoms with E-state index in [0.717, 1.165) is 19.3 Å². The molecule has 2 rings (SSSR count). The van der Waals surface area contributed by atoms with Gasteiger partial charge >= 0.3 is 5.97 Å². The third kappa shape index (κ3) is 4.70. The number of ether oxygens (including phenoxy) is 1. The summed E-state index contributed by atoms with van der Waals surface area (Å²) in [5.74, 6) is -0.457. The Morgan fingerprint density at radius 1 is 1.43 bits per heavy atom. The highest BCUT2D eigenvalue weighted by molar-refractivity contribution is 6.30. The average molecular weight is 311 g/mol. The van der Waals surface area contributed by atoms with Crippen LogP contribution in [-0.4, -0.2) is 29.5 Å². The second kappa shape index (κ2) is 7.41. The van der Waals surface area contributed by atoms with Crippen molar-refractivity contribution in [3.63, 3.8) is 0 Å². The Bertz CT molecular complexity index is 521. The lowest BCUT2D eigenvalue weighted by molar-refractivity contribution is -0.125. The van der Waals surface area contributed by atoms with Crippen LogP contribution >= 0.6 is 11.6 Å². The van der Waals surface area contributed by atoms with Crippen LogP contribution in [-0.2, 0) is 9.53 Å². The van der Waals surface area contributed by atoms with Gasteiger partial charge in [-0.05, 0) is 30.9 Å². The predicted octanol–water partition coefficient (Wildman–Crippen LogP) is 2.59. The van der Waals surface area contributed by atoms with Crippen LogP contribution in [0.25, 0.3) is 0 Å². The van der Waals surface area contributed by atoms with Crippen molar-refractivity contribution in [3.05, 3.63) is 29.0 Å². The van der Waals surface area contributed by atoms with E-state index in [-0.39, 0.29) is 24.2 Å². The molecule has 0 radical (unpaired) electrons. The summed E-state index contributed by atoms with van der Waals surface area (Å²) >= 11 is 5.77. The Hall–Kier alpha value is -1.62. The molecule has 0 saturated heterocycles. The summed E-state index contributed by atoms with van der Waals surface area (Å²) in [5.41, 5.74) is 0.0985. The molecule has 114 valence electrons. The molecule has 0 unspecified atom stereocenters. The van der Waals surface area contributed by atoms with Gasteiger partial charge in [0, 0.05) is 17.3 Å². The quantitative estimate of drug-likeness (QED) is 0.868. The number of nitrogens with zero attached hydrogens (tertiary/aromatic N) is 1. The molecular formula is C15H19ClN2O3. The minimum absolute atomic E-state index is 0.0985. The maximum absolute atomic E-state index is 11.8. The zero-order chi connectivity index (χ0) is 15.2. The summed E-state index contributed by atoms with van der Waals surface area (Å²) in [6, 6.07) is 3.15. The topological polar surface area (TPSA) is 68.3 Å². The van der Waals surface area contributed by atoms with Gasteiger partial charge in [0.25, 0.3) is 5.91 Å². The van der Waals surface area contributed by atoms with E-state index in [1.165, 1.54) is 18.7 Å². The van der Waals surface area contributed by atoms with E-state index in [9.17, 15) is 9.59 Å². The van der Waals surface area contributed by atoms with Gasteiger partial charge in [0.2, 0.25) is 0 Å². The van der Waals surface area contributed by atoms with Crippen LogP contribution in [0.15, 0.2) is 18.3 Å². The minimum atomic E-state index is -0.649. The lowest BCUT2D eigenvalue weighted by atomic mass is 9.86. The van der Waals surface area contributed by atoms with Crippen molar-refractivity contribution >= 4 is 23.5 Å². The third-order valence-corrected chi connectivity index (χ3v) is 3.96. The first kappa shape index (κ1) is 15.8. The molecular weight excluding hydrogens is 292 g/mol. The minimum Gasteiger partial charge on any atom is -0.451 e. The summed E-state index contributed by atoms with van der Waals surface area (Å²) in [7, 11) is 0. The molecule has 1 fully saturated rings. The monoisotopic (exact) mass is 310 g/mol. The average Bonchev–Trinajstić information content (AvgIpc) is 2.47. The molecule has 1 aliphatic rings. The fraction of sp³-hybridized carbons (Fsp3) is 0.533. The summed E-state index contributed by atoms with van der Waals surface area (Å²) in [6.07, 6.45) is 5.86. The molecule has 1 heterocycles. The standard InChI is InChI=1S/C15H19ClN2O3/c1-10-4-2-3-5-12(10)18-14(19)9-21-15(20)13-8-11(16)6-7-17-13/h6-8,10,12H,2-5,9H2,1H3,(H,18,19)/t10-,12-/m1/s1. The first-order chi connectivity index (χ1) is 10.1. The molecule has 0 spiro atoms. The SMILES string of the molecule is C[C@@H]1CCCC[C@H]1NC(=O)COC(=O)c1cc(Cl)ccn1. The Labute approximate surface area is 129 Å². The summed E-state index contributed by atoms with van der Waals surface area (Å²) in [6.45, 7) is 1.84. The number of rotatable bonds is 4. The first-order valence-electron chi connectivity index (χ1n) is 7.14. The molecule has 6 heteroatoms. The normalized spacial score (nSPS) is 21.6. The van der Waals surface area contributed by atoms with Crippen molar-refractivity contribution in [1.82, 2.24) is 10.3 Å². The fourth-order valence-corrected chi connectivity index (χ4v) is 2.66. The summed E-state index contributed by atoms with van der Waals surface area (Å²) < 4.78 is 4.95. The number of amides is 1. The highest BCUT2D eigenvalue weighted by Crippen LogP contribution is 2.23. The number of halogens is 1. The highest BCUT2D eigenvalue weighted by atomic mass is 35.5. The largest absolute Gasteiger partial charge is 0.451 e. The zero-order valence-electron chi connectivity index (χ0n) is 12.0. The van der Waals surface area contributed by atoms with Crippen molar-refractivity contribution in [2.45, 2.75) is 38.6 Å². The number of nitrogens with one attached hydrogen (secondary N) is 1. The van der Waals surface area contributed by atoms with E-state index in [4.69, 9.17) is 16.3 Å². The van der Waals surface area contributed by atoms with Gasteiger partial charge in [-0.3, -0.25) is 4.79 Å². The van der Waals surface area contributed by atoms with Gasteiger partial charge in [0.1, 0.15) is 5.69 Å². The third-order valence-electron chi connectivity index (χ3n) is 3.72. The molecule has 1 aromatic rings. The van der Waals surface area contributed by atoms with Crippen molar-refractivity contribution in [2.24, 2.45) is 5.92 Å². The Balaban J connectivity index is 1.79. The molecule has 1 amide bonds. The van der Waals surface area contributed by atoms with Crippen LogP contribution in [0.1, 0.15) is 43.1 Å². The second-order valence-electron chi connectivity index (χ2n) is 5.37. The molecule has 0 aliphatic heterocycles. The number of aromatic nitrogens is 1. The van der Waals surface area contributed by atoms with E-state index in [0.29, 0.717) is 10.9 Å². The van der Waals surface area contributed by atoms with Gasteiger partial charge < -0.3 is 10.1 Å². The Morgan fingerprint density at radius 2 is 2.19 bits per heavy atom. The van der Waals surface area contributed by atoms with Crippen molar-refractivity contribution in [3.8, 4) is 0 Å². The lowest BCUT2D eigenvalue weighted by Gasteiger charge is -2.29. The van der Waals surface area contributed by atoms with Gasteiger partial charge in [0.15, 0.2) is 6.61 Å². The summed E-state index contributed by atoms with van der Waals surface area (Å²) in [5, 5.41) is 3.32. The van der Waals surface area contributed by atoms with Gasteiger partial charge in [-0.2, -0.15) is 0 Å². The fourth-order valence-electron chi connectivity index (χ4n) is 2.50. The van der Waals surface area contributed by atoms with E-state index < -0.39 is 5.97 Å². The second-order valence-corrected chi connectivity index (χ2v) is 5.81. The molecule has 21 heavy (non-hydrogen) atoms. The maximum Gasteiger partial charge on any atom is 0.357 e. The highest BCUT2D eigenvalue weighted by Gasteiger charge is 2.23. The van der Waals surface area contributed by atoms with Crippen molar-refractivity contribution in [1.29, 1.82) is 0 Å².